The van der Waals surface area contributed by atoms with E-state index in [0.717, 1.165) is 11.1 Å². The summed E-state index contributed by atoms with van der Waals surface area (Å²) in [7, 11) is 0. The minimum atomic E-state index is -1.00. The number of amides is 1. The van der Waals surface area contributed by atoms with Gasteiger partial charge in [0, 0.05) is 5.02 Å². The maximum atomic E-state index is 11.9. The molecule has 0 aromatic heterocycles. The maximum Gasteiger partial charge on any atom is 0.326 e. The third-order valence-electron chi connectivity index (χ3n) is 3.00. The molecule has 0 saturated heterocycles. The zero-order chi connectivity index (χ0) is 15.3. The highest BCUT2D eigenvalue weighted by Crippen LogP contribution is 2.16. The SMILES string of the molecule is Cc1cc(Cl)ccc1CC(=O)N[C@@H](CC(C)C)C(=O)O. The molecule has 1 amide bonds. The fourth-order valence-electron chi connectivity index (χ4n) is 1.97. The van der Waals surface area contributed by atoms with Crippen LogP contribution in [0.25, 0.3) is 0 Å². The van der Waals surface area contributed by atoms with Crippen LogP contribution in [0.5, 0.6) is 0 Å². The fraction of sp³-hybridized carbons (Fsp3) is 0.467. The molecule has 1 rings (SSSR count). The summed E-state index contributed by atoms with van der Waals surface area (Å²) in [6.45, 7) is 5.72. The lowest BCUT2D eigenvalue weighted by Crippen LogP contribution is -2.42. The van der Waals surface area contributed by atoms with Crippen LogP contribution in [0.2, 0.25) is 5.02 Å². The predicted molar refractivity (Wildman–Crippen MR) is 78.9 cm³/mol. The summed E-state index contributed by atoms with van der Waals surface area (Å²) in [5, 5.41) is 12.3. The zero-order valence-corrected chi connectivity index (χ0v) is 12.7. The maximum absolute atomic E-state index is 11.9. The minimum Gasteiger partial charge on any atom is -0.480 e. The van der Waals surface area contributed by atoms with E-state index in [9.17, 15) is 9.59 Å². The van der Waals surface area contributed by atoms with Gasteiger partial charge in [-0.05, 0) is 42.5 Å². The molecule has 0 fully saturated rings. The van der Waals surface area contributed by atoms with Crippen molar-refractivity contribution in [2.45, 2.75) is 39.7 Å². The smallest absolute Gasteiger partial charge is 0.326 e. The van der Waals surface area contributed by atoms with Gasteiger partial charge < -0.3 is 10.4 Å². The topological polar surface area (TPSA) is 66.4 Å². The number of hydrogen-bond donors (Lipinski definition) is 2. The van der Waals surface area contributed by atoms with Crippen molar-refractivity contribution in [3.8, 4) is 0 Å². The van der Waals surface area contributed by atoms with Crippen LogP contribution in [0.3, 0.4) is 0 Å². The van der Waals surface area contributed by atoms with Crippen LogP contribution in [0.15, 0.2) is 18.2 Å². The van der Waals surface area contributed by atoms with Gasteiger partial charge in [0.1, 0.15) is 6.04 Å². The molecule has 110 valence electrons. The molecule has 0 spiro atoms. The Balaban J connectivity index is 2.68. The lowest BCUT2D eigenvalue weighted by molar-refractivity contribution is -0.142. The molecular weight excluding hydrogens is 278 g/mol. The first kappa shape index (κ1) is 16.5. The van der Waals surface area contributed by atoms with Gasteiger partial charge in [0.2, 0.25) is 5.91 Å². The Labute approximate surface area is 124 Å². The second kappa shape index (κ2) is 7.29. The zero-order valence-electron chi connectivity index (χ0n) is 11.9. The van der Waals surface area contributed by atoms with Crippen molar-refractivity contribution in [1.82, 2.24) is 5.32 Å². The van der Waals surface area contributed by atoms with Gasteiger partial charge in [-0.3, -0.25) is 4.79 Å². The van der Waals surface area contributed by atoms with Crippen molar-refractivity contribution < 1.29 is 14.7 Å². The monoisotopic (exact) mass is 297 g/mol. The van der Waals surface area contributed by atoms with Crippen LogP contribution in [0, 0.1) is 12.8 Å². The molecule has 5 heteroatoms. The minimum absolute atomic E-state index is 0.158. The van der Waals surface area contributed by atoms with Crippen LogP contribution in [-0.4, -0.2) is 23.0 Å². The number of aliphatic carboxylic acids is 1. The molecule has 4 nitrogen and oxygen atoms in total. The van der Waals surface area contributed by atoms with E-state index in [4.69, 9.17) is 16.7 Å². The van der Waals surface area contributed by atoms with E-state index in [-0.39, 0.29) is 18.2 Å². The molecule has 0 radical (unpaired) electrons. The first-order valence-corrected chi connectivity index (χ1v) is 6.94. The van der Waals surface area contributed by atoms with E-state index >= 15 is 0 Å². The standard InChI is InChI=1S/C15H20ClNO3/c1-9(2)6-13(15(19)20)17-14(18)8-11-4-5-12(16)7-10(11)3/h4-5,7,9,13H,6,8H2,1-3H3,(H,17,18)(H,19,20)/t13-/m0/s1. The third kappa shape index (κ3) is 5.21. The third-order valence-corrected chi connectivity index (χ3v) is 3.23. The Morgan fingerprint density at radius 3 is 2.50 bits per heavy atom. The number of carbonyl (C=O) groups is 2. The average Bonchev–Trinajstić information content (AvgIpc) is 2.31. The van der Waals surface area contributed by atoms with Gasteiger partial charge in [-0.2, -0.15) is 0 Å². The van der Waals surface area contributed by atoms with Gasteiger partial charge >= 0.3 is 5.97 Å². The first-order valence-electron chi connectivity index (χ1n) is 6.56. The molecule has 1 aromatic rings. The number of carbonyl (C=O) groups excluding carboxylic acids is 1. The lowest BCUT2D eigenvalue weighted by atomic mass is 10.0. The second-order valence-corrected chi connectivity index (χ2v) is 5.77. The number of nitrogens with one attached hydrogen (secondary N) is 1. The van der Waals surface area contributed by atoms with Crippen molar-refractivity contribution in [2.24, 2.45) is 5.92 Å². The van der Waals surface area contributed by atoms with Gasteiger partial charge in [0.15, 0.2) is 0 Å². The van der Waals surface area contributed by atoms with Gasteiger partial charge in [-0.25, -0.2) is 4.79 Å². The molecule has 0 saturated carbocycles. The van der Waals surface area contributed by atoms with Crippen LogP contribution < -0.4 is 5.32 Å². The number of aryl methyl sites for hydroxylation is 1. The quantitative estimate of drug-likeness (QED) is 0.848. The van der Waals surface area contributed by atoms with Crippen molar-refractivity contribution in [3.05, 3.63) is 34.3 Å². The van der Waals surface area contributed by atoms with Crippen molar-refractivity contribution in [3.63, 3.8) is 0 Å². The molecule has 1 atom stereocenters. The van der Waals surface area contributed by atoms with Gasteiger partial charge in [0.25, 0.3) is 0 Å². The van der Waals surface area contributed by atoms with Crippen molar-refractivity contribution in [1.29, 1.82) is 0 Å². The number of benzene rings is 1. The highest BCUT2D eigenvalue weighted by Gasteiger charge is 2.21. The molecule has 0 aliphatic carbocycles. The predicted octanol–water partition coefficient (Wildman–Crippen LogP) is 2.81. The Morgan fingerprint density at radius 1 is 1.35 bits per heavy atom. The molecule has 2 N–H and O–H groups in total. The van der Waals surface area contributed by atoms with Crippen LogP contribution in [-0.2, 0) is 16.0 Å². The number of halogens is 1. The highest BCUT2D eigenvalue weighted by atomic mass is 35.5. The van der Waals surface area contributed by atoms with Crippen molar-refractivity contribution in [2.75, 3.05) is 0 Å². The number of hydrogen-bond acceptors (Lipinski definition) is 2. The number of rotatable bonds is 6. The van der Waals surface area contributed by atoms with E-state index in [2.05, 4.69) is 5.32 Å². The molecule has 0 aliphatic heterocycles. The summed E-state index contributed by atoms with van der Waals surface area (Å²) in [4.78, 5) is 23.0. The fourth-order valence-corrected chi connectivity index (χ4v) is 2.20. The molecule has 1 aromatic carbocycles. The van der Waals surface area contributed by atoms with Crippen molar-refractivity contribution >= 4 is 23.5 Å². The van der Waals surface area contributed by atoms with E-state index in [0.29, 0.717) is 11.4 Å². The average molecular weight is 298 g/mol. The van der Waals surface area contributed by atoms with E-state index in [1.165, 1.54) is 0 Å². The van der Waals surface area contributed by atoms with Crippen LogP contribution in [0.4, 0.5) is 0 Å². The van der Waals surface area contributed by atoms with Crippen LogP contribution in [0.1, 0.15) is 31.4 Å². The van der Waals surface area contributed by atoms with Gasteiger partial charge in [-0.15, -0.1) is 0 Å². The van der Waals surface area contributed by atoms with E-state index in [1.54, 1.807) is 18.2 Å². The lowest BCUT2D eigenvalue weighted by Gasteiger charge is -2.16. The normalized spacial score (nSPS) is 12.2. The van der Waals surface area contributed by atoms with Crippen LogP contribution >= 0.6 is 11.6 Å². The summed E-state index contributed by atoms with van der Waals surface area (Å²) < 4.78 is 0. The van der Waals surface area contributed by atoms with E-state index < -0.39 is 12.0 Å². The summed E-state index contributed by atoms with van der Waals surface area (Å²) in [5.41, 5.74) is 1.77. The Bertz CT molecular complexity index is 500. The number of carboxylic acid groups (broad SMARTS) is 1. The van der Waals surface area contributed by atoms with Gasteiger partial charge in [0.05, 0.1) is 6.42 Å². The Kier molecular flexibility index (Phi) is 6.02. The molecule has 20 heavy (non-hydrogen) atoms. The van der Waals surface area contributed by atoms with Gasteiger partial charge in [-0.1, -0.05) is 31.5 Å². The molecule has 0 heterocycles. The molecule has 0 aliphatic rings. The summed E-state index contributed by atoms with van der Waals surface area (Å²) in [6, 6.07) is 4.46. The summed E-state index contributed by atoms with van der Waals surface area (Å²) in [6.07, 6.45) is 0.575. The molecule has 0 bridgehead atoms. The summed E-state index contributed by atoms with van der Waals surface area (Å²) >= 11 is 5.86. The highest BCUT2D eigenvalue weighted by molar-refractivity contribution is 6.30. The Hall–Kier alpha value is -1.55. The second-order valence-electron chi connectivity index (χ2n) is 5.34. The first-order chi connectivity index (χ1) is 9.29. The summed E-state index contributed by atoms with van der Waals surface area (Å²) in [5.74, 6) is -1.09. The largest absolute Gasteiger partial charge is 0.480 e. The molecule has 0 unspecified atom stereocenters. The van der Waals surface area contributed by atoms with E-state index in [1.807, 2.05) is 20.8 Å². The molecular formula is C15H20ClNO3. The number of carboxylic acids is 1. The Morgan fingerprint density at radius 2 is 2.00 bits per heavy atom.